The van der Waals surface area contributed by atoms with Crippen LogP contribution in [0.5, 0.6) is 0 Å². The topological polar surface area (TPSA) is 285 Å². The molecule has 9 N–H and O–H groups in total. The number of benzene rings is 2. The summed E-state index contributed by atoms with van der Waals surface area (Å²) in [6.45, 7) is 0.202. The van der Waals surface area contributed by atoms with Crippen molar-refractivity contribution in [3.63, 3.8) is 0 Å². The van der Waals surface area contributed by atoms with Crippen LogP contribution in [0.25, 0.3) is 11.2 Å². The standard InChI is InChI=1S/C32H39N13O7S/c33-53(51,52)22-8-6-19(7-9-22)36-32(50)37-20-10-11-43(14-20)31-38-29(35-21(15-46)12-18-4-2-1-3-5-18)26-30(39-31)44(17-34-26)23-13-24(28(49)27(23)48)45-41-25(16-47)40-42-45/h1-9,17,20-21,23-24,27-28,46-49H,10-16H2,(H2,33,51,52)(H,35,38,39)(H2,36,37,50)/t20?,21-,23+,24-,27-,28+/m0/s1. The molecule has 5 aromatic rings. The molecule has 1 saturated heterocycles. The first-order valence-electron chi connectivity index (χ1n) is 16.9. The normalized spacial score (nSPS) is 22.3. The molecule has 2 aliphatic rings. The van der Waals surface area contributed by atoms with E-state index in [0.717, 1.165) is 5.56 Å². The van der Waals surface area contributed by atoms with Crippen molar-refractivity contribution in [2.45, 2.75) is 67.1 Å². The molecule has 0 spiro atoms. The van der Waals surface area contributed by atoms with E-state index in [-0.39, 0.29) is 29.8 Å². The number of fused-ring (bicyclic) bond motifs is 1. The summed E-state index contributed by atoms with van der Waals surface area (Å²) in [6, 6.07) is 12.5. The third-order valence-electron chi connectivity index (χ3n) is 9.43. The number of rotatable bonds is 12. The molecule has 2 aromatic carbocycles. The van der Waals surface area contributed by atoms with Crippen molar-refractivity contribution in [3.05, 3.63) is 72.3 Å². The van der Waals surface area contributed by atoms with E-state index >= 15 is 0 Å². The number of nitrogens with two attached hydrogens (primary N) is 1. The quantitative estimate of drug-likeness (QED) is 0.0781. The predicted octanol–water partition coefficient (Wildman–Crippen LogP) is -0.724. The van der Waals surface area contributed by atoms with Crippen molar-refractivity contribution in [1.82, 2.24) is 45.0 Å². The summed E-state index contributed by atoms with van der Waals surface area (Å²) < 4.78 is 24.8. The summed E-state index contributed by atoms with van der Waals surface area (Å²) in [4.78, 5) is 30.2. The number of imidazole rings is 1. The molecule has 7 rings (SSSR count). The Hall–Kier alpha value is -5.32. The molecule has 21 heteroatoms. The molecule has 6 atom stereocenters. The summed E-state index contributed by atoms with van der Waals surface area (Å²) in [5.41, 5.74) is 2.13. The average molecular weight is 750 g/mol. The fraction of sp³-hybridized carbons (Fsp3) is 0.406. The van der Waals surface area contributed by atoms with Crippen molar-refractivity contribution in [2.75, 3.05) is 35.2 Å². The van der Waals surface area contributed by atoms with Gasteiger partial charge in [0.15, 0.2) is 22.8 Å². The van der Waals surface area contributed by atoms with Gasteiger partial charge >= 0.3 is 6.03 Å². The number of hydrogen-bond acceptors (Lipinski definition) is 15. The monoisotopic (exact) mass is 749 g/mol. The van der Waals surface area contributed by atoms with Crippen molar-refractivity contribution in [2.24, 2.45) is 5.14 Å². The van der Waals surface area contributed by atoms with Crippen LogP contribution in [0.2, 0.25) is 0 Å². The lowest BCUT2D eigenvalue weighted by Gasteiger charge is -2.22. The first kappa shape index (κ1) is 36.1. The van der Waals surface area contributed by atoms with Gasteiger partial charge < -0.3 is 45.8 Å². The van der Waals surface area contributed by atoms with Crippen molar-refractivity contribution in [3.8, 4) is 0 Å². The number of amides is 2. The minimum absolute atomic E-state index is 0.0743. The summed E-state index contributed by atoms with van der Waals surface area (Å²) >= 11 is 0. The van der Waals surface area contributed by atoms with Crippen LogP contribution in [-0.2, 0) is 23.1 Å². The molecule has 280 valence electrons. The molecule has 0 bridgehead atoms. The van der Waals surface area contributed by atoms with Gasteiger partial charge in [-0.25, -0.2) is 23.3 Å². The second kappa shape index (κ2) is 15.0. The van der Waals surface area contributed by atoms with Gasteiger partial charge in [0, 0.05) is 24.8 Å². The number of tetrazole rings is 1. The van der Waals surface area contributed by atoms with Gasteiger partial charge in [-0.1, -0.05) is 30.3 Å². The summed E-state index contributed by atoms with van der Waals surface area (Å²) in [7, 11) is -3.87. The summed E-state index contributed by atoms with van der Waals surface area (Å²) in [5, 5.41) is 68.0. The molecule has 3 aromatic heterocycles. The van der Waals surface area contributed by atoms with Gasteiger partial charge in [0.2, 0.25) is 16.0 Å². The van der Waals surface area contributed by atoms with E-state index in [9.17, 15) is 33.6 Å². The number of sulfonamides is 1. The average Bonchev–Trinajstić information content (AvgIpc) is 3.96. The number of primary sulfonamides is 1. The van der Waals surface area contributed by atoms with Gasteiger partial charge in [-0.3, -0.25) is 0 Å². The predicted molar refractivity (Wildman–Crippen MR) is 189 cm³/mol. The second-order valence-electron chi connectivity index (χ2n) is 13.0. The van der Waals surface area contributed by atoms with Crippen LogP contribution in [0.15, 0.2) is 65.8 Å². The maximum absolute atomic E-state index is 12.9. The fourth-order valence-corrected chi connectivity index (χ4v) is 7.25. The van der Waals surface area contributed by atoms with Gasteiger partial charge in [-0.15, -0.1) is 10.2 Å². The Morgan fingerprint density at radius 3 is 2.47 bits per heavy atom. The molecule has 1 aliphatic carbocycles. The highest BCUT2D eigenvalue weighted by Crippen LogP contribution is 2.40. The molecular formula is C32H39N13O7S. The van der Waals surface area contributed by atoms with Crippen molar-refractivity contribution in [1.29, 1.82) is 0 Å². The van der Waals surface area contributed by atoms with E-state index in [1.54, 1.807) is 4.57 Å². The van der Waals surface area contributed by atoms with Crippen LogP contribution in [-0.4, -0.2) is 119 Å². The minimum Gasteiger partial charge on any atom is -0.394 e. The molecule has 4 heterocycles. The number of carbonyl (C=O) groups is 1. The lowest BCUT2D eigenvalue weighted by atomic mass is 10.1. The zero-order valence-corrected chi connectivity index (χ0v) is 29.0. The maximum Gasteiger partial charge on any atom is 0.319 e. The number of aliphatic hydroxyl groups is 4. The van der Waals surface area contributed by atoms with Crippen LogP contribution >= 0.6 is 0 Å². The fourth-order valence-electron chi connectivity index (χ4n) is 6.73. The highest BCUT2D eigenvalue weighted by atomic mass is 32.2. The van der Waals surface area contributed by atoms with Crippen LogP contribution in [0.1, 0.15) is 36.3 Å². The van der Waals surface area contributed by atoms with Gasteiger partial charge in [-0.05, 0) is 54.3 Å². The Balaban J connectivity index is 1.14. The van der Waals surface area contributed by atoms with Crippen LogP contribution in [0, 0.1) is 0 Å². The van der Waals surface area contributed by atoms with Gasteiger partial charge in [-0.2, -0.15) is 14.8 Å². The molecule has 1 unspecified atom stereocenters. The Labute approximate surface area is 302 Å². The van der Waals surface area contributed by atoms with E-state index in [1.165, 1.54) is 35.4 Å². The second-order valence-corrected chi connectivity index (χ2v) is 14.6. The highest BCUT2D eigenvalue weighted by molar-refractivity contribution is 7.89. The number of anilines is 3. The first-order chi connectivity index (χ1) is 25.5. The third kappa shape index (κ3) is 7.75. The number of carbonyl (C=O) groups excluding carboxylic acids is 1. The van der Waals surface area contributed by atoms with Gasteiger partial charge in [0.05, 0.1) is 29.9 Å². The molecule has 20 nitrogen and oxygen atoms in total. The number of nitrogens with zero attached hydrogens (tertiary/aromatic N) is 9. The summed E-state index contributed by atoms with van der Waals surface area (Å²) in [5.74, 6) is 0.752. The van der Waals surface area contributed by atoms with E-state index in [2.05, 4.69) is 36.3 Å². The zero-order chi connectivity index (χ0) is 37.3. The van der Waals surface area contributed by atoms with Crippen LogP contribution < -0.4 is 26.0 Å². The lowest BCUT2D eigenvalue weighted by molar-refractivity contribution is 0.00469. The Morgan fingerprint density at radius 1 is 1.02 bits per heavy atom. The number of nitrogens with one attached hydrogen (secondary N) is 3. The molecular weight excluding hydrogens is 711 g/mol. The number of aromatic nitrogens is 8. The van der Waals surface area contributed by atoms with E-state index in [4.69, 9.17) is 15.1 Å². The van der Waals surface area contributed by atoms with E-state index in [1.807, 2.05) is 35.2 Å². The number of urea groups is 1. The Bertz CT molecular complexity index is 2170. The summed E-state index contributed by atoms with van der Waals surface area (Å²) in [6.07, 6.45) is 0.248. The number of hydrogen-bond donors (Lipinski definition) is 8. The van der Waals surface area contributed by atoms with Gasteiger partial charge in [0.1, 0.15) is 24.9 Å². The van der Waals surface area contributed by atoms with Crippen LogP contribution in [0.3, 0.4) is 0 Å². The largest absolute Gasteiger partial charge is 0.394 e. The highest BCUT2D eigenvalue weighted by Gasteiger charge is 2.45. The molecule has 0 radical (unpaired) electrons. The Morgan fingerprint density at radius 2 is 1.77 bits per heavy atom. The first-order valence-corrected chi connectivity index (χ1v) is 18.4. The smallest absolute Gasteiger partial charge is 0.319 e. The van der Waals surface area contributed by atoms with Crippen LogP contribution in [0.4, 0.5) is 22.2 Å². The SMILES string of the molecule is NS(=O)(=O)c1ccc(NC(=O)NC2CCN(c3nc(N[C@H](CO)Cc4ccccc4)c4ncn([C@@H]5C[C@H](n6nnc(CO)n6)[C@@H](O)[C@H]5O)c4n3)C2)cc1. The molecule has 2 fully saturated rings. The lowest BCUT2D eigenvalue weighted by Crippen LogP contribution is -2.40. The maximum atomic E-state index is 12.9. The van der Waals surface area contributed by atoms with E-state index < -0.39 is 53.0 Å². The molecule has 1 saturated carbocycles. The van der Waals surface area contributed by atoms with Crippen molar-refractivity contribution >= 4 is 44.7 Å². The van der Waals surface area contributed by atoms with Gasteiger partial charge in [0.25, 0.3) is 0 Å². The molecule has 2 amide bonds. The zero-order valence-electron chi connectivity index (χ0n) is 28.2. The molecule has 1 aliphatic heterocycles. The third-order valence-corrected chi connectivity index (χ3v) is 10.4. The molecule has 53 heavy (non-hydrogen) atoms. The Kier molecular flexibility index (Phi) is 10.2. The minimum atomic E-state index is -3.87. The van der Waals surface area contributed by atoms with Crippen molar-refractivity contribution < 1.29 is 33.6 Å². The number of aliphatic hydroxyl groups excluding tert-OH is 4. The van der Waals surface area contributed by atoms with E-state index in [0.29, 0.717) is 54.5 Å².